The summed E-state index contributed by atoms with van der Waals surface area (Å²) in [5.74, 6) is 0.614. The fraction of sp³-hybridized carbons (Fsp3) is 0.286. The van der Waals surface area contributed by atoms with Gasteiger partial charge in [-0.15, -0.1) is 0 Å². The predicted octanol–water partition coefficient (Wildman–Crippen LogP) is 3.88. The molecule has 0 unspecified atom stereocenters. The molecule has 0 spiro atoms. The van der Waals surface area contributed by atoms with E-state index < -0.39 is 0 Å². The van der Waals surface area contributed by atoms with E-state index in [1.54, 1.807) is 0 Å². The smallest absolute Gasteiger partial charge is 0.260 e. The Morgan fingerprint density at radius 3 is 2.68 bits per heavy atom. The maximum absolute atomic E-state index is 12.5. The SMILES string of the molecule is CCN(CC)Cc1ccc2c(c1)CO/C2=C1/C(=O)Nc2ccccc21. The van der Waals surface area contributed by atoms with Crippen LogP contribution in [-0.2, 0) is 22.7 Å². The Bertz CT molecular complexity index is 866. The molecule has 0 bridgehead atoms. The van der Waals surface area contributed by atoms with Crippen LogP contribution in [0, 0.1) is 0 Å². The van der Waals surface area contributed by atoms with Crippen LogP contribution in [0.1, 0.15) is 36.1 Å². The third kappa shape index (κ3) is 2.72. The minimum absolute atomic E-state index is 0.0868. The van der Waals surface area contributed by atoms with Gasteiger partial charge in [-0.25, -0.2) is 0 Å². The highest BCUT2D eigenvalue weighted by atomic mass is 16.5. The van der Waals surface area contributed by atoms with Crippen molar-refractivity contribution in [2.24, 2.45) is 0 Å². The number of carbonyl (C=O) groups is 1. The highest BCUT2D eigenvalue weighted by molar-refractivity contribution is 6.36. The van der Waals surface area contributed by atoms with Crippen molar-refractivity contribution < 1.29 is 9.53 Å². The number of benzene rings is 2. The van der Waals surface area contributed by atoms with Gasteiger partial charge in [-0.2, -0.15) is 0 Å². The lowest BCUT2D eigenvalue weighted by molar-refractivity contribution is -0.110. The molecular formula is C21H22N2O2. The standard InChI is InChI=1S/C21H22N2O2/c1-3-23(4-2)12-14-9-10-16-15(11-14)13-25-20(16)19-17-7-5-6-8-18(17)22-21(19)24/h5-11H,3-4,12-13H2,1-2H3,(H,22,24)/b20-19+. The van der Waals surface area contributed by atoms with E-state index in [2.05, 4.69) is 42.3 Å². The molecule has 2 aromatic carbocycles. The number of nitrogens with zero attached hydrogens (tertiary/aromatic N) is 1. The number of fused-ring (bicyclic) bond motifs is 2. The monoisotopic (exact) mass is 334 g/mol. The molecule has 0 aliphatic carbocycles. The number of hydrogen-bond acceptors (Lipinski definition) is 3. The summed E-state index contributed by atoms with van der Waals surface area (Å²) in [4.78, 5) is 14.8. The minimum Gasteiger partial charge on any atom is -0.487 e. The summed E-state index contributed by atoms with van der Waals surface area (Å²) in [6.07, 6.45) is 0. The van der Waals surface area contributed by atoms with E-state index in [0.29, 0.717) is 17.9 Å². The third-order valence-electron chi connectivity index (χ3n) is 4.99. The molecule has 0 saturated carbocycles. The zero-order chi connectivity index (χ0) is 17.4. The largest absolute Gasteiger partial charge is 0.487 e. The van der Waals surface area contributed by atoms with Gasteiger partial charge in [0.2, 0.25) is 0 Å². The normalized spacial score (nSPS) is 18.1. The zero-order valence-electron chi connectivity index (χ0n) is 14.6. The van der Waals surface area contributed by atoms with E-state index >= 15 is 0 Å². The first-order valence-corrected chi connectivity index (χ1v) is 8.83. The van der Waals surface area contributed by atoms with Gasteiger partial charge in [0.15, 0.2) is 0 Å². The quantitative estimate of drug-likeness (QED) is 0.863. The Balaban J connectivity index is 1.72. The van der Waals surface area contributed by atoms with Crippen molar-refractivity contribution in [2.75, 3.05) is 18.4 Å². The maximum atomic E-state index is 12.5. The van der Waals surface area contributed by atoms with Crippen LogP contribution in [0.3, 0.4) is 0 Å². The molecule has 4 heteroatoms. The fourth-order valence-electron chi connectivity index (χ4n) is 3.57. The van der Waals surface area contributed by atoms with Gasteiger partial charge in [-0.05, 0) is 24.7 Å². The molecule has 2 heterocycles. The highest BCUT2D eigenvalue weighted by Gasteiger charge is 2.32. The Kier molecular flexibility index (Phi) is 4.06. The van der Waals surface area contributed by atoms with Crippen molar-refractivity contribution in [3.05, 3.63) is 64.7 Å². The summed E-state index contributed by atoms with van der Waals surface area (Å²) in [5, 5.41) is 2.92. The van der Waals surface area contributed by atoms with Crippen LogP contribution in [0.15, 0.2) is 42.5 Å². The van der Waals surface area contributed by atoms with Crippen molar-refractivity contribution in [2.45, 2.75) is 27.0 Å². The van der Waals surface area contributed by atoms with Crippen molar-refractivity contribution >= 4 is 22.9 Å². The molecule has 4 nitrogen and oxygen atoms in total. The van der Waals surface area contributed by atoms with Crippen LogP contribution < -0.4 is 5.32 Å². The van der Waals surface area contributed by atoms with Crippen molar-refractivity contribution in [3.8, 4) is 0 Å². The summed E-state index contributed by atoms with van der Waals surface area (Å²) in [6.45, 7) is 7.90. The second-order valence-corrected chi connectivity index (χ2v) is 6.45. The van der Waals surface area contributed by atoms with E-state index in [9.17, 15) is 4.79 Å². The molecule has 2 aromatic rings. The first-order valence-electron chi connectivity index (χ1n) is 8.83. The van der Waals surface area contributed by atoms with E-state index in [1.165, 1.54) is 5.56 Å². The number of carbonyl (C=O) groups excluding carboxylic acids is 1. The number of hydrogen-bond donors (Lipinski definition) is 1. The van der Waals surface area contributed by atoms with Crippen LogP contribution in [-0.4, -0.2) is 23.9 Å². The first-order chi connectivity index (χ1) is 12.2. The molecule has 2 aliphatic rings. The van der Waals surface area contributed by atoms with E-state index in [4.69, 9.17) is 4.74 Å². The van der Waals surface area contributed by atoms with E-state index in [0.717, 1.165) is 42.0 Å². The Hall–Kier alpha value is -2.59. The molecule has 0 fully saturated rings. The number of anilines is 1. The lowest BCUT2D eigenvalue weighted by atomic mass is 9.99. The lowest BCUT2D eigenvalue weighted by Gasteiger charge is -2.18. The van der Waals surface area contributed by atoms with Crippen LogP contribution in [0.4, 0.5) is 5.69 Å². The van der Waals surface area contributed by atoms with Crippen molar-refractivity contribution in [1.82, 2.24) is 4.90 Å². The summed E-state index contributed by atoms with van der Waals surface area (Å²) >= 11 is 0. The zero-order valence-corrected chi connectivity index (χ0v) is 14.6. The lowest BCUT2D eigenvalue weighted by Crippen LogP contribution is -2.22. The molecule has 0 atom stereocenters. The summed E-state index contributed by atoms with van der Waals surface area (Å²) in [5.41, 5.74) is 5.89. The highest BCUT2D eigenvalue weighted by Crippen LogP contribution is 2.41. The number of ether oxygens (including phenoxy) is 1. The fourth-order valence-corrected chi connectivity index (χ4v) is 3.57. The van der Waals surface area contributed by atoms with E-state index in [-0.39, 0.29) is 5.91 Å². The van der Waals surface area contributed by atoms with Crippen molar-refractivity contribution in [3.63, 3.8) is 0 Å². The molecule has 4 rings (SSSR count). The molecule has 128 valence electrons. The van der Waals surface area contributed by atoms with Gasteiger partial charge in [0.25, 0.3) is 5.91 Å². The van der Waals surface area contributed by atoms with Gasteiger partial charge in [0.1, 0.15) is 12.4 Å². The minimum atomic E-state index is -0.0868. The van der Waals surface area contributed by atoms with Gasteiger partial charge in [-0.3, -0.25) is 9.69 Å². The average Bonchev–Trinajstić information content (AvgIpc) is 3.18. The number of para-hydroxylation sites is 1. The number of nitrogens with one attached hydrogen (secondary N) is 1. The Labute approximate surface area is 148 Å². The summed E-state index contributed by atoms with van der Waals surface area (Å²) in [7, 11) is 0. The Morgan fingerprint density at radius 1 is 1.08 bits per heavy atom. The predicted molar refractivity (Wildman–Crippen MR) is 99.7 cm³/mol. The van der Waals surface area contributed by atoms with Gasteiger partial charge in [-0.1, -0.05) is 50.2 Å². The van der Waals surface area contributed by atoms with Crippen LogP contribution in [0.25, 0.3) is 11.3 Å². The summed E-state index contributed by atoms with van der Waals surface area (Å²) < 4.78 is 5.95. The molecule has 1 amide bonds. The second-order valence-electron chi connectivity index (χ2n) is 6.45. The van der Waals surface area contributed by atoms with E-state index in [1.807, 2.05) is 24.3 Å². The first kappa shape index (κ1) is 15.9. The van der Waals surface area contributed by atoms with Gasteiger partial charge >= 0.3 is 0 Å². The molecule has 0 aromatic heterocycles. The molecule has 25 heavy (non-hydrogen) atoms. The summed E-state index contributed by atoms with van der Waals surface area (Å²) in [6, 6.07) is 14.2. The van der Waals surface area contributed by atoms with Gasteiger partial charge in [0, 0.05) is 28.9 Å². The molecule has 0 radical (unpaired) electrons. The van der Waals surface area contributed by atoms with Crippen LogP contribution >= 0.6 is 0 Å². The maximum Gasteiger partial charge on any atom is 0.260 e. The number of amides is 1. The average molecular weight is 334 g/mol. The van der Waals surface area contributed by atoms with Gasteiger partial charge < -0.3 is 10.1 Å². The molecular weight excluding hydrogens is 312 g/mol. The van der Waals surface area contributed by atoms with Gasteiger partial charge in [0.05, 0.1) is 5.57 Å². The molecule has 1 N–H and O–H groups in total. The third-order valence-corrected chi connectivity index (χ3v) is 4.99. The number of rotatable bonds is 4. The van der Waals surface area contributed by atoms with Crippen LogP contribution in [0.5, 0.6) is 0 Å². The van der Waals surface area contributed by atoms with Crippen molar-refractivity contribution in [1.29, 1.82) is 0 Å². The topological polar surface area (TPSA) is 41.6 Å². The van der Waals surface area contributed by atoms with Crippen LogP contribution in [0.2, 0.25) is 0 Å². The Morgan fingerprint density at radius 2 is 1.88 bits per heavy atom. The second kappa shape index (κ2) is 6.37. The molecule has 2 aliphatic heterocycles. The molecule has 0 saturated heterocycles.